The first-order chi connectivity index (χ1) is 10.5. The van der Waals surface area contributed by atoms with Gasteiger partial charge in [-0.05, 0) is 35.4 Å². The van der Waals surface area contributed by atoms with Gasteiger partial charge in [-0.2, -0.15) is 0 Å². The van der Waals surface area contributed by atoms with E-state index in [-0.39, 0.29) is 6.10 Å². The van der Waals surface area contributed by atoms with Gasteiger partial charge in [0.05, 0.1) is 6.26 Å². The Bertz CT molecular complexity index is 549. The van der Waals surface area contributed by atoms with Crippen molar-refractivity contribution in [2.24, 2.45) is 0 Å². The van der Waals surface area contributed by atoms with Crippen LogP contribution in [0.4, 0.5) is 11.4 Å². The molecule has 2 rings (SSSR count). The minimum absolute atomic E-state index is 0.134. The Hall–Kier alpha value is -2.42. The van der Waals surface area contributed by atoms with Gasteiger partial charge >= 0.3 is 0 Å². The maximum absolute atomic E-state index is 5.75. The van der Waals surface area contributed by atoms with Crippen LogP contribution < -0.4 is 9.80 Å². The highest BCUT2D eigenvalue weighted by atomic mass is 16.5. The monoisotopic (exact) mass is 296 g/mol. The van der Waals surface area contributed by atoms with Crippen molar-refractivity contribution in [1.29, 1.82) is 0 Å². The minimum Gasteiger partial charge on any atom is -0.489 e. The largest absolute Gasteiger partial charge is 0.489 e. The van der Waals surface area contributed by atoms with Gasteiger partial charge < -0.3 is 14.5 Å². The number of ether oxygens (including phenoxy) is 1. The second kappa shape index (κ2) is 7.03. The summed E-state index contributed by atoms with van der Waals surface area (Å²) in [6.45, 7) is 3.70. The first-order valence-corrected chi connectivity index (χ1v) is 7.34. The van der Waals surface area contributed by atoms with E-state index in [1.807, 2.05) is 28.2 Å². The number of benzene rings is 2. The lowest BCUT2D eigenvalue weighted by molar-refractivity contribution is 0.184. The molecular formula is C19H24N2O. The number of rotatable bonds is 6. The van der Waals surface area contributed by atoms with Gasteiger partial charge in [0.2, 0.25) is 0 Å². The van der Waals surface area contributed by atoms with Crippen LogP contribution in [0.3, 0.4) is 0 Å². The molecule has 3 heteroatoms. The van der Waals surface area contributed by atoms with Crippen molar-refractivity contribution in [2.45, 2.75) is 6.10 Å². The van der Waals surface area contributed by atoms with E-state index in [1.54, 1.807) is 0 Å². The van der Waals surface area contributed by atoms with Gasteiger partial charge in [-0.15, -0.1) is 0 Å². The number of nitrogens with zero attached hydrogens (tertiary/aromatic N) is 2. The van der Waals surface area contributed by atoms with Crippen LogP contribution >= 0.6 is 0 Å². The van der Waals surface area contributed by atoms with E-state index < -0.39 is 0 Å². The van der Waals surface area contributed by atoms with E-state index in [2.05, 4.69) is 64.9 Å². The van der Waals surface area contributed by atoms with E-state index in [4.69, 9.17) is 4.74 Å². The molecule has 0 saturated heterocycles. The molecule has 0 fully saturated rings. The number of anilines is 2. The van der Waals surface area contributed by atoms with E-state index in [1.165, 1.54) is 17.6 Å². The molecule has 0 atom stereocenters. The Kier molecular flexibility index (Phi) is 5.10. The zero-order chi connectivity index (χ0) is 16.1. The van der Waals surface area contributed by atoms with Gasteiger partial charge in [-0.25, -0.2) is 0 Å². The highest BCUT2D eigenvalue weighted by Crippen LogP contribution is 2.29. The molecule has 0 unspecified atom stereocenters. The van der Waals surface area contributed by atoms with Crippen molar-refractivity contribution >= 4 is 11.4 Å². The van der Waals surface area contributed by atoms with Gasteiger partial charge in [0.15, 0.2) is 0 Å². The van der Waals surface area contributed by atoms with Crippen LogP contribution in [0.25, 0.3) is 0 Å². The molecule has 0 aliphatic carbocycles. The number of hydrogen-bond acceptors (Lipinski definition) is 3. The minimum atomic E-state index is -0.134. The summed E-state index contributed by atoms with van der Waals surface area (Å²) in [5.41, 5.74) is 4.57. The van der Waals surface area contributed by atoms with Crippen LogP contribution in [0, 0.1) is 0 Å². The van der Waals surface area contributed by atoms with Gasteiger partial charge in [-0.3, -0.25) is 0 Å². The Labute approximate surface area is 133 Å². The quantitative estimate of drug-likeness (QED) is 0.747. The van der Waals surface area contributed by atoms with Crippen LogP contribution in [-0.4, -0.2) is 28.2 Å². The van der Waals surface area contributed by atoms with Crippen LogP contribution in [0.15, 0.2) is 61.4 Å². The molecule has 0 N–H and O–H groups in total. The molecule has 0 saturated carbocycles. The molecule has 116 valence electrons. The van der Waals surface area contributed by atoms with Crippen LogP contribution in [-0.2, 0) is 4.74 Å². The maximum atomic E-state index is 5.75. The fourth-order valence-electron chi connectivity index (χ4n) is 2.34. The van der Waals surface area contributed by atoms with Crippen molar-refractivity contribution in [3.05, 3.63) is 72.5 Å². The average Bonchev–Trinajstić information content (AvgIpc) is 2.53. The molecule has 0 aromatic heterocycles. The van der Waals surface area contributed by atoms with Gasteiger partial charge in [-0.1, -0.05) is 30.8 Å². The molecule has 0 spiro atoms. The van der Waals surface area contributed by atoms with Crippen molar-refractivity contribution in [1.82, 2.24) is 0 Å². The second-order valence-corrected chi connectivity index (χ2v) is 5.65. The molecule has 0 aliphatic heterocycles. The zero-order valence-electron chi connectivity index (χ0n) is 13.8. The Morgan fingerprint density at radius 1 is 0.773 bits per heavy atom. The summed E-state index contributed by atoms with van der Waals surface area (Å²) in [4.78, 5) is 4.16. The van der Waals surface area contributed by atoms with E-state index in [0.29, 0.717) is 0 Å². The summed E-state index contributed by atoms with van der Waals surface area (Å²) in [6, 6.07) is 16.8. The molecule has 2 aromatic rings. The summed E-state index contributed by atoms with van der Waals surface area (Å²) >= 11 is 0. The lowest BCUT2D eigenvalue weighted by atomic mass is 10.0. The van der Waals surface area contributed by atoms with E-state index >= 15 is 0 Å². The third-order valence-electron chi connectivity index (χ3n) is 3.66. The summed E-state index contributed by atoms with van der Waals surface area (Å²) < 4.78 is 5.75. The van der Waals surface area contributed by atoms with Crippen molar-refractivity contribution in [2.75, 3.05) is 38.0 Å². The van der Waals surface area contributed by atoms with Crippen molar-refractivity contribution < 1.29 is 4.74 Å². The fourth-order valence-corrected chi connectivity index (χ4v) is 2.34. The zero-order valence-corrected chi connectivity index (χ0v) is 13.8. The van der Waals surface area contributed by atoms with Crippen molar-refractivity contribution in [3.63, 3.8) is 0 Å². The van der Waals surface area contributed by atoms with E-state index in [9.17, 15) is 0 Å². The molecule has 2 aromatic carbocycles. The molecule has 0 bridgehead atoms. The molecule has 0 amide bonds. The third kappa shape index (κ3) is 3.61. The summed E-state index contributed by atoms with van der Waals surface area (Å²) in [5.74, 6) is 0. The van der Waals surface area contributed by atoms with Crippen molar-refractivity contribution in [3.8, 4) is 0 Å². The SMILES string of the molecule is C=COC(c1ccc(N(C)C)cc1)c1ccc(N(C)C)cc1. The standard InChI is InChI=1S/C19H24N2O/c1-6-22-19(15-7-11-17(12-8-15)20(2)3)16-9-13-18(14-10-16)21(4)5/h6-14,19H,1H2,2-5H3. The van der Waals surface area contributed by atoms with Gasteiger partial charge in [0.25, 0.3) is 0 Å². The smallest absolute Gasteiger partial charge is 0.148 e. The Morgan fingerprint density at radius 3 is 1.41 bits per heavy atom. The summed E-state index contributed by atoms with van der Waals surface area (Å²) in [5, 5.41) is 0. The Morgan fingerprint density at radius 2 is 1.14 bits per heavy atom. The van der Waals surface area contributed by atoms with E-state index in [0.717, 1.165) is 11.1 Å². The normalized spacial score (nSPS) is 10.4. The first-order valence-electron chi connectivity index (χ1n) is 7.34. The summed E-state index contributed by atoms with van der Waals surface area (Å²) in [7, 11) is 8.14. The maximum Gasteiger partial charge on any atom is 0.148 e. The predicted octanol–water partition coefficient (Wildman–Crippen LogP) is 4.07. The molecule has 0 radical (unpaired) electrons. The van der Waals surface area contributed by atoms with Crippen LogP contribution in [0.1, 0.15) is 17.2 Å². The van der Waals surface area contributed by atoms with Gasteiger partial charge in [0, 0.05) is 39.6 Å². The molecule has 0 aliphatic rings. The molecule has 3 nitrogen and oxygen atoms in total. The highest BCUT2D eigenvalue weighted by Gasteiger charge is 2.14. The second-order valence-electron chi connectivity index (χ2n) is 5.65. The first kappa shape index (κ1) is 16.0. The topological polar surface area (TPSA) is 15.7 Å². The van der Waals surface area contributed by atoms with Gasteiger partial charge in [0.1, 0.15) is 6.10 Å². The fraction of sp³-hybridized carbons (Fsp3) is 0.263. The lowest BCUT2D eigenvalue weighted by Gasteiger charge is -2.20. The molecule has 0 heterocycles. The van der Waals surface area contributed by atoms with Crippen LogP contribution in [0.5, 0.6) is 0 Å². The average molecular weight is 296 g/mol. The molecular weight excluding hydrogens is 272 g/mol. The third-order valence-corrected chi connectivity index (χ3v) is 3.66. The number of hydrogen-bond donors (Lipinski definition) is 0. The highest BCUT2D eigenvalue weighted by molar-refractivity contribution is 5.50. The summed E-state index contributed by atoms with van der Waals surface area (Å²) in [6.07, 6.45) is 1.37. The molecule has 22 heavy (non-hydrogen) atoms. The predicted molar refractivity (Wildman–Crippen MR) is 94.7 cm³/mol. The Balaban J connectivity index is 2.30. The lowest BCUT2D eigenvalue weighted by Crippen LogP contribution is -2.10. The van der Waals surface area contributed by atoms with Crippen LogP contribution in [0.2, 0.25) is 0 Å².